The summed E-state index contributed by atoms with van der Waals surface area (Å²) in [6, 6.07) is 6.10. The van der Waals surface area contributed by atoms with Gasteiger partial charge in [-0.1, -0.05) is 12.8 Å². The maximum absolute atomic E-state index is 12.9. The van der Waals surface area contributed by atoms with Gasteiger partial charge in [0.25, 0.3) is 0 Å². The van der Waals surface area contributed by atoms with E-state index in [1.54, 1.807) is 12.1 Å². The SMILES string of the molecule is Nc1nc(-c2ccc(F)cc2)nc(C2CCCC2)n1. The largest absolute Gasteiger partial charge is 0.368 e. The first-order chi connectivity index (χ1) is 9.22. The molecule has 5 heteroatoms. The lowest BCUT2D eigenvalue weighted by molar-refractivity contribution is 0.628. The summed E-state index contributed by atoms with van der Waals surface area (Å²) in [4.78, 5) is 12.9. The molecule has 1 aromatic heterocycles. The van der Waals surface area contributed by atoms with Crippen LogP contribution in [0.25, 0.3) is 11.4 Å². The molecule has 0 unspecified atom stereocenters. The Morgan fingerprint density at radius 1 is 1.00 bits per heavy atom. The summed E-state index contributed by atoms with van der Waals surface area (Å²) in [5.74, 6) is 1.63. The number of anilines is 1. The van der Waals surface area contributed by atoms with Gasteiger partial charge in [0.15, 0.2) is 5.82 Å². The molecule has 0 amide bonds. The second kappa shape index (κ2) is 4.91. The van der Waals surface area contributed by atoms with E-state index in [0.717, 1.165) is 24.2 Å². The average Bonchev–Trinajstić information content (AvgIpc) is 2.93. The molecule has 2 N–H and O–H groups in total. The van der Waals surface area contributed by atoms with Gasteiger partial charge in [-0.2, -0.15) is 9.97 Å². The van der Waals surface area contributed by atoms with Gasteiger partial charge < -0.3 is 5.73 Å². The molecule has 1 aliphatic carbocycles. The maximum atomic E-state index is 12.9. The molecule has 1 aliphatic rings. The van der Waals surface area contributed by atoms with E-state index in [1.165, 1.54) is 25.0 Å². The molecular weight excluding hydrogens is 243 g/mol. The standard InChI is InChI=1S/C14H15FN4/c15-11-7-5-10(6-8-11)13-17-12(18-14(16)19-13)9-3-1-2-4-9/h5-9H,1-4H2,(H2,16,17,18,19). The lowest BCUT2D eigenvalue weighted by Gasteiger charge is -2.09. The number of halogens is 1. The first kappa shape index (κ1) is 12.0. The van der Waals surface area contributed by atoms with Gasteiger partial charge in [0.2, 0.25) is 5.95 Å². The fraction of sp³-hybridized carbons (Fsp3) is 0.357. The van der Waals surface area contributed by atoms with Gasteiger partial charge in [-0.25, -0.2) is 9.37 Å². The van der Waals surface area contributed by atoms with E-state index < -0.39 is 0 Å². The highest BCUT2D eigenvalue weighted by Crippen LogP contribution is 2.32. The van der Waals surface area contributed by atoms with Crippen molar-refractivity contribution < 1.29 is 4.39 Å². The fourth-order valence-electron chi connectivity index (χ4n) is 2.50. The monoisotopic (exact) mass is 258 g/mol. The van der Waals surface area contributed by atoms with Gasteiger partial charge >= 0.3 is 0 Å². The summed E-state index contributed by atoms with van der Waals surface area (Å²) in [6.45, 7) is 0. The van der Waals surface area contributed by atoms with Crippen molar-refractivity contribution in [3.05, 3.63) is 35.9 Å². The highest BCUT2D eigenvalue weighted by atomic mass is 19.1. The van der Waals surface area contributed by atoms with E-state index >= 15 is 0 Å². The molecule has 19 heavy (non-hydrogen) atoms. The molecule has 0 atom stereocenters. The molecule has 0 radical (unpaired) electrons. The zero-order valence-corrected chi connectivity index (χ0v) is 10.5. The van der Waals surface area contributed by atoms with Gasteiger partial charge in [-0.05, 0) is 37.1 Å². The first-order valence-corrected chi connectivity index (χ1v) is 6.50. The maximum Gasteiger partial charge on any atom is 0.223 e. The van der Waals surface area contributed by atoms with Gasteiger partial charge in [-0.15, -0.1) is 0 Å². The molecule has 3 rings (SSSR count). The molecule has 0 saturated heterocycles. The number of hydrogen-bond donors (Lipinski definition) is 1. The van der Waals surface area contributed by atoms with Gasteiger partial charge in [0.1, 0.15) is 11.6 Å². The van der Waals surface area contributed by atoms with Crippen LogP contribution in [-0.2, 0) is 0 Å². The highest BCUT2D eigenvalue weighted by Gasteiger charge is 2.21. The van der Waals surface area contributed by atoms with Crippen LogP contribution in [0.4, 0.5) is 10.3 Å². The predicted octanol–water partition coefficient (Wildman–Crippen LogP) is 2.92. The Morgan fingerprint density at radius 2 is 1.68 bits per heavy atom. The minimum Gasteiger partial charge on any atom is -0.368 e. The third-order valence-corrected chi connectivity index (χ3v) is 3.49. The minimum absolute atomic E-state index is 0.233. The third kappa shape index (κ3) is 2.54. The Balaban J connectivity index is 1.99. The van der Waals surface area contributed by atoms with Gasteiger partial charge in [0.05, 0.1) is 0 Å². The van der Waals surface area contributed by atoms with Gasteiger partial charge in [-0.3, -0.25) is 0 Å². The Hall–Kier alpha value is -2.04. The van der Waals surface area contributed by atoms with E-state index in [4.69, 9.17) is 5.73 Å². The number of rotatable bonds is 2. The molecule has 1 fully saturated rings. The summed E-state index contributed by atoms with van der Waals surface area (Å²) in [5, 5.41) is 0. The molecule has 0 bridgehead atoms. The summed E-state index contributed by atoms with van der Waals surface area (Å²) in [7, 11) is 0. The zero-order chi connectivity index (χ0) is 13.2. The van der Waals surface area contributed by atoms with Crippen molar-refractivity contribution in [2.45, 2.75) is 31.6 Å². The number of aromatic nitrogens is 3. The Kier molecular flexibility index (Phi) is 3.11. The van der Waals surface area contributed by atoms with E-state index in [0.29, 0.717) is 11.7 Å². The zero-order valence-electron chi connectivity index (χ0n) is 10.5. The van der Waals surface area contributed by atoms with Crippen LogP contribution in [0.3, 0.4) is 0 Å². The van der Waals surface area contributed by atoms with Crippen LogP contribution >= 0.6 is 0 Å². The van der Waals surface area contributed by atoms with Crippen LogP contribution in [0, 0.1) is 5.82 Å². The van der Waals surface area contributed by atoms with Crippen LogP contribution in [0.15, 0.2) is 24.3 Å². The van der Waals surface area contributed by atoms with Crippen LogP contribution in [-0.4, -0.2) is 15.0 Å². The minimum atomic E-state index is -0.276. The lowest BCUT2D eigenvalue weighted by atomic mass is 10.1. The van der Waals surface area contributed by atoms with Crippen LogP contribution in [0.2, 0.25) is 0 Å². The molecule has 0 aliphatic heterocycles. The van der Waals surface area contributed by atoms with Crippen molar-refractivity contribution in [3.63, 3.8) is 0 Å². The highest BCUT2D eigenvalue weighted by molar-refractivity contribution is 5.55. The first-order valence-electron chi connectivity index (χ1n) is 6.50. The van der Waals surface area contributed by atoms with Crippen molar-refractivity contribution in [3.8, 4) is 11.4 Å². The molecule has 4 nitrogen and oxygen atoms in total. The number of hydrogen-bond acceptors (Lipinski definition) is 4. The van der Waals surface area contributed by atoms with E-state index in [9.17, 15) is 4.39 Å². The Labute approximate surface area is 110 Å². The van der Waals surface area contributed by atoms with Crippen molar-refractivity contribution >= 4 is 5.95 Å². The number of nitrogens with zero attached hydrogens (tertiary/aromatic N) is 3. The molecule has 1 aromatic carbocycles. The van der Waals surface area contributed by atoms with E-state index in [-0.39, 0.29) is 11.8 Å². The summed E-state index contributed by atoms with van der Waals surface area (Å²) in [6.07, 6.45) is 4.63. The average molecular weight is 258 g/mol. The van der Waals surface area contributed by atoms with Gasteiger partial charge in [0, 0.05) is 11.5 Å². The molecule has 1 heterocycles. The molecule has 98 valence electrons. The van der Waals surface area contributed by atoms with Crippen LogP contribution < -0.4 is 5.73 Å². The number of benzene rings is 1. The van der Waals surface area contributed by atoms with Crippen molar-refractivity contribution in [2.24, 2.45) is 0 Å². The van der Waals surface area contributed by atoms with Crippen molar-refractivity contribution in [2.75, 3.05) is 5.73 Å². The molecule has 1 saturated carbocycles. The third-order valence-electron chi connectivity index (χ3n) is 3.49. The summed E-state index contributed by atoms with van der Waals surface area (Å²) in [5.41, 5.74) is 6.52. The van der Waals surface area contributed by atoms with E-state index in [2.05, 4.69) is 15.0 Å². The van der Waals surface area contributed by atoms with E-state index in [1.807, 2.05) is 0 Å². The van der Waals surface area contributed by atoms with Crippen molar-refractivity contribution in [1.82, 2.24) is 15.0 Å². The molecule has 2 aromatic rings. The summed E-state index contributed by atoms with van der Waals surface area (Å²) >= 11 is 0. The lowest BCUT2D eigenvalue weighted by Crippen LogP contribution is -2.07. The normalized spacial score (nSPS) is 15.8. The van der Waals surface area contributed by atoms with Crippen molar-refractivity contribution in [1.29, 1.82) is 0 Å². The fourth-order valence-corrected chi connectivity index (χ4v) is 2.50. The van der Waals surface area contributed by atoms with Crippen LogP contribution in [0.1, 0.15) is 37.4 Å². The molecule has 0 spiro atoms. The number of nitrogens with two attached hydrogens (primary N) is 1. The number of nitrogen functional groups attached to an aromatic ring is 1. The topological polar surface area (TPSA) is 64.7 Å². The second-order valence-corrected chi connectivity index (χ2v) is 4.86. The quantitative estimate of drug-likeness (QED) is 0.899. The smallest absolute Gasteiger partial charge is 0.223 e. The second-order valence-electron chi connectivity index (χ2n) is 4.86. The Morgan fingerprint density at radius 3 is 2.37 bits per heavy atom. The van der Waals surface area contributed by atoms with Crippen LogP contribution in [0.5, 0.6) is 0 Å². The summed E-state index contributed by atoms with van der Waals surface area (Å²) < 4.78 is 12.9. The predicted molar refractivity (Wildman–Crippen MR) is 70.8 cm³/mol. The Bertz CT molecular complexity index is 576. The molecular formula is C14H15FN4.